The fourth-order valence-electron chi connectivity index (χ4n) is 2.91. The fraction of sp³-hybridized carbons (Fsp3) is 0.286. The Kier molecular flexibility index (Phi) is 5.03. The quantitative estimate of drug-likeness (QED) is 0.791. The van der Waals surface area contributed by atoms with Crippen LogP contribution in [0.3, 0.4) is 0 Å². The Labute approximate surface area is 152 Å². The van der Waals surface area contributed by atoms with Gasteiger partial charge in [0.1, 0.15) is 11.5 Å². The van der Waals surface area contributed by atoms with E-state index in [1.807, 2.05) is 13.8 Å². The summed E-state index contributed by atoms with van der Waals surface area (Å²) in [7, 11) is 0. The van der Waals surface area contributed by atoms with Crippen molar-refractivity contribution < 1.29 is 24.6 Å². The molecule has 0 aliphatic heterocycles. The van der Waals surface area contributed by atoms with Gasteiger partial charge in [0, 0.05) is 5.41 Å². The maximum atomic E-state index is 11.9. The Morgan fingerprint density at radius 3 is 1.58 bits per heavy atom. The molecule has 2 aromatic carbocycles. The van der Waals surface area contributed by atoms with Crippen LogP contribution in [0.5, 0.6) is 11.5 Å². The first-order chi connectivity index (χ1) is 12.0. The summed E-state index contributed by atoms with van der Waals surface area (Å²) >= 11 is 0. The Balaban J connectivity index is 2.73. The number of phenols is 2. The molecule has 2 N–H and O–H groups in total. The Hall–Kier alpha value is -2.95. The molecule has 26 heavy (non-hydrogen) atoms. The number of rotatable bonds is 5. The van der Waals surface area contributed by atoms with E-state index in [1.165, 1.54) is 26.8 Å². The molecule has 2 rings (SSSR count). The third-order valence-corrected chi connectivity index (χ3v) is 4.69. The zero-order valence-corrected chi connectivity index (χ0v) is 15.5. The van der Waals surface area contributed by atoms with Gasteiger partial charge in [-0.25, -0.2) is 0 Å². The minimum atomic E-state index is -0.681. The van der Waals surface area contributed by atoms with Gasteiger partial charge in [-0.1, -0.05) is 19.9 Å². The van der Waals surface area contributed by atoms with Gasteiger partial charge in [-0.15, -0.1) is 0 Å². The van der Waals surface area contributed by atoms with Crippen molar-refractivity contribution in [3.05, 3.63) is 58.1 Å². The van der Waals surface area contributed by atoms with Gasteiger partial charge in [-0.3, -0.25) is 14.4 Å². The van der Waals surface area contributed by atoms with Crippen molar-refractivity contribution in [3.63, 3.8) is 0 Å². The van der Waals surface area contributed by atoms with Crippen molar-refractivity contribution in [3.8, 4) is 11.5 Å². The first kappa shape index (κ1) is 19.4. The molecule has 0 saturated heterocycles. The number of benzene rings is 2. The largest absolute Gasteiger partial charge is 0.507 e. The van der Waals surface area contributed by atoms with Gasteiger partial charge in [-0.05, 0) is 56.2 Å². The Morgan fingerprint density at radius 1 is 0.731 bits per heavy atom. The molecule has 0 fully saturated rings. The zero-order valence-electron chi connectivity index (χ0n) is 15.5. The monoisotopic (exact) mass is 354 g/mol. The molecular formula is C21H22O5. The molecule has 0 saturated carbocycles. The van der Waals surface area contributed by atoms with Crippen molar-refractivity contribution in [1.82, 2.24) is 0 Å². The molecule has 0 unspecified atom stereocenters. The van der Waals surface area contributed by atoms with Crippen LogP contribution in [-0.4, -0.2) is 27.6 Å². The van der Waals surface area contributed by atoms with Crippen LogP contribution in [0.2, 0.25) is 0 Å². The molecule has 0 aliphatic rings. The van der Waals surface area contributed by atoms with E-state index in [-0.39, 0.29) is 45.5 Å². The van der Waals surface area contributed by atoms with E-state index in [0.717, 1.165) is 5.56 Å². The molecule has 5 nitrogen and oxygen atoms in total. The zero-order chi connectivity index (χ0) is 19.8. The molecule has 0 radical (unpaired) electrons. The summed E-state index contributed by atoms with van der Waals surface area (Å²) in [5.41, 5.74) is 1.05. The van der Waals surface area contributed by atoms with Crippen molar-refractivity contribution in [1.29, 1.82) is 0 Å². The average Bonchev–Trinajstić information content (AvgIpc) is 2.54. The smallest absolute Gasteiger partial charge is 0.163 e. The predicted octanol–water partition coefficient (Wildman–Crippen LogP) is 4.03. The van der Waals surface area contributed by atoms with Crippen molar-refractivity contribution in [2.75, 3.05) is 0 Å². The third kappa shape index (κ3) is 3.38. The molecule has 0 aliphatic carbocycles. The second kappa shape index (κ2) is 6.75. The number of carbonyl (C=O) groups excluding carboxylic acids is 3. The normalized spacial score (nSPS) is 11.3. The van der Waals surface area contributed by atoms with E-state index in [2.05, 4.69) is 0 Å². The Morgan fingerprint density at radius 2 is 1.15 bits per heavy atom. The lowest BCUT2D eigenvalue weighted by atomic mass is 9.76. The molecule has 0 spiro atoms. The lowest BCUT2D eigenvalue weighted by molar-refractivity contribution is 0.0997. The summed E-state index contributed by atoms with van der Waals surface area (Å²) in [4.78, 5) is 35.5. The molecule has 2 aromatic rings. The standard InChI is InChI=1S/C21H22O5/c1-11(22)16-8-14(6-7-19(16)25)21(4,5)15-9-17(12(2)23)20(26)18(10-15)13(3)24/h6-10,25-26H,1-5H3. The van der Waals surface area contributed by atoms with Crippen LogP contribution >= 0.6 is 0 Å². The number of hydrogen-bond acceptors (Lipinski definition) is 5. The minimum absolute atomic E-state index is 0.0753. The van der Waals surface area contributed by atoms with Gasteiger partial charge >= 0.3 is 0 Å². The van der Waals surface area contributed by atoms with Crippen molar-refractivity contribution >= 4 is 17.3 Å². The van der Waals surface area contributed by atoms with E-state index in [0.29, 0.717) is 5.56 Å². The number of ketones is 3. The van der Waals surface area contributed by atoms with Crippen LogP contribution in [0.4, 0.5) is 0 Å². The van der Waals surface area contributed by atoms with Crippen LogP contribution in [0.1, 0.15) is 76.8 Å². The van der Waals surface area contributed by atoms with E-state index >= 15 is 0 Å². The minimum Gasteiger partial charge on any atom is -0.507 e. The summed E-state index contributed by atoms with van der Waals surface area (Å²) in [6.45, 7) is 7.77. The maximum Gasteiger partial charge on any atom is 0.163 e. The van der Waals surface area contributed by atoms with E-state index in [1.54, 1.807) is 24.3 Å². The predicted molar refractivity (Wildman–Crippen MR) is 98.4 cm³/mol. The second-order valence-corrected chi connectivity index (χ2v) is 6.95. The van der Waals surface area contributed by atoms with Crippen LogP contribution in [0.25, 0.3) is 0 Å². The summed E-state index contributed by atoms with van der Waals surface area (Å²) in [5.74, 6) is -1.38. The number of Topliss-reactive ketones (excluding diaryl/α,β-unsaturated/α-hetero) is 3. The van der Waals surface area contributed by atoms with Crippen LogP contribution in [0.15, 0.2) is 30.3 Å². The summed E-state index contributed by atoms with van der Waals surface area (Å²) in [5, 5.41) is 20.1. The maximum absolute atomic E-state index is 11.9. The van der Waals surface area contributed by atoms with Gasteiger partial charge in [-0.2, -0.15) is 0 Å². The van der Waals surface area contributed by atoms with Crippen molar-refractivity contribution in [2.24, 2.45) is 0 Å². The van der Waals surface area contributed by atoms with Gasteiger partial charge in [0.05, 0.1) is 16.7 Å². The van der Waals surface area contributed by atoms with Crippen LogP contribution in [0, 0.1) is 0 Å². The molecule has 0 aromatic heterocycles. The lowest BCUT2D eigenvalue weighted by Gasteiger charge is -2.28. The highest BCUT2D eigenvalue weighted by atomic mass is 16.3. The van der Waals surface area contributed by atoms with Crippen molar-refractivity contribution in [2.45, 2.75) is 40.0 Å². The average molecular weight is 354 g/mol. The fourth-order valence-corrected chi connectivity index (χ4v) is 2.91. The van der Waals surface area contributed by atoms with Gasteiger partial charge in [0.2, 0.25) is 0 Å². The third-order valence-electron chi connectivity index (χ3n) is 4.69. The molecule has 0 atom stereocenters. The summed E-state index contributed by atoms with van der Waals surface area (Å²) in [6.07, 6.45) is 0. The molecule has 0 amide bonds. The SMILES string of the molecule is CC(=O)c1cc(C(C)(C)c2cc(C(C)=O)c(O)c(C(C)=O)c2)ccc1O. The van der Waals surface area contributed by atoms with E-state index in [4.69, 9.17) is 0 Å². The number of carbonyl (C=O) groups is 3. The van der Waals surface area contributed by atoms with Crippen LogP contribution < -0.4 is 0 Å². The van der Waals surface area contributed by atoms with Gasteiger partial charge < -0.3 is 10.2 Å². The highest BCUT2D eigenvalue weighted by Gasteiger charge is 2.28. The first-order valence-corrected chi connectivity index (χ1v) is 8.20. The van der Waals surface area contributed by atoms with Gasteiger partial charge in [0.15, 0.2) is 17.3 Å². The summed E-state index contributed by atoms with van der Waals surface area (Å²) < 4.78 is 0. The number of aromatic hydroxyl groups is 2. The summed E-state index contributed by atoms with van der Waals surface area (Å²) in [6, 6.07) is 7.86. The van der Waals surface area contributed by atoms with E-state index < -0.39 is 5.41 Å². The highest BCUT2D eigenvalue weighted by Crippen LogP contribution is 2.37. The van der Waals surface area contributed by atoms with Crippen LogP contribution in [-0.2, 0) is 5.41 Å². The highest BCUT2D eigenvalue weighted by molar-refractivity contribution is 6.04. The molecule has 0 bridgehead atoms. The topological polar surface area (TPSA) is 91.7 Å². The molecule has 5 heteroatoms. The lowest BCUT2D eigenvalue weighted by Crippen LogP contribution is -2.21. The number of hydrogen-bond donors (Lipinski definition) is 2. The number of phenolic OH excluding ortho intramolecular Hbond substituents is 2. The van der Waals surface area contributed by atoms with E-state index in [9.17, 15) is 24.6 Å². The first-order valence-electron chi connectivity index (χ1n) is 8.20. The molecule has 136 valence electrons. The van der Waals surface area contributed by atoms with Gasteiger partial charge in [0.25, 0.3) is 0 Å². The second-order valence-electron chi connectivity index (χ2n) is 6.95. The molecule has 0 heterocycles. The Bertz CT molecular complexity index is 887. The molecular weight excluding hydrogens is 332 g/mol.